The van der Waals surface area contributed by atoms with Gasteiger partial charge in [-0.2, -0.15) is 0 Å². The van der Waals surface area contributed by atoms with Gasteiger partial charge in [-0.1, -0.05) is 6.07 Å². The van der Waals surface area contributed by atoms with Crippen LogP contribution in [0.5, 0.6) is 0 Å². The van der Waals surface area contributed by atoms with Crippen LogP contribution in [0.1, 0.15) is 12.8 Å². The largest absolute Gasteiger partial charge is 0.340 e. The Hall–Kier alpha value is -3.26. The van der Waals surface area contributed by atoms with Crippen LogP contribution in [0.2, 0.25) is 0 Å². The zero-order valence-electron chi connectivity index (χ0n) is 15.7. The SMILES string of the molecule is O=C(Nc1ccc2nc(-c3cccs3)[nH]c2c1)C1CCCN(c2ncccn2)C1. The molecule has 0 saturated carbocycles. The number of hydrogen-bond acceptors (Lipinski definition) is 6. The van der Waals surface area contributed by atoms with E-state index < -0.39 is 0 Å². The minimum atomic E-state index is -0.0910. The van der Waals surface area contributed by atoms with E-state index in [1.807, 2.05) is 35.7 Å². The highest BCUT2D eigenvalue weighted by Gasteiger charge is 2.27. The number of nitrogens with one attached hydrogen (secondary N) is 2. The van der Waals surface area contributed by atoms with Crippen LogP contribution < -0.4 is 10.2 Å². The number of H-pyrrole nitrogens is 1. The molecule has 1 aliphatic rings. The Balaban J connectivity index is 1.30. The summed E-state index contributed by atoms with van der Waals surface area (Å²) in [6.07, 6.45) is 5.27. The number of carbonyl (C=O) groups excluding carboxylic acids is 1. The predicted molar refractivity (Wildman–Crippen MR) is 115 cm³/mol. The van der Waals surface area contributed by atoms with Gasteiger partial charge in [0.1, 0.15) is 5.82 Å². The number of nitrogens with zero attached hydrogens (tertiary/aromatic N) is 4. The number of hydrogen-bond donors (Lipinski definition) is 2. The maximum atomic E-state index is 12.9. The fraction of sp³-hybridized carbons (Fsp3) is 0.238. The van der Waals surface area contributed by atoms with Crippen molar-refractivity contribution in [2.24, 2.45) is 5.92 Å². The lowest BCUT2D eigenvalue weighted by Gasteiger charge is -2.31. The third-order valence-corrected chi connectivity index (χ3v) is 6.01. The summed E-state index contributed by atoms with van der Waals surface area (Å²) in [4.78, 5) is 32.6. The second-order valence-corrected chi connectivity index (χ2v) is 8.07. The molecule has 4 heterocycles. The van der Waals surface area contributed by atoms with Gasteiger partial charge in [0.25, 0.3) is 0 Å². The fourth-order valence-electron chi connectivity index (χ4n) is 3.69. The van der Waals surface area contributed by atoms with E-state index in [2.05, 4.69) is 30.2 Å². The fourth-order valence-corrected chi connectivity index (χ4v) is 4.36. The van der Waals surface area contributed by atoms with Crippen molar-refractivity contribution in [3.8, 4) is 10.7 Å². The van der Waals surface area contributed by atoms with Crippen LogP contribution in [0, 0.1) is 5.92 Å². The molecule has 4 aromatic rings. The first-order valence-electron chi connectivity index (χ1n) is 9.63. The Kier molecular flexibility index (Phi) is 4.69. The number of piperidine rings is 1. The maximum Gasteiger partial charge on any atom is 0.229 e. The topological polar surface area (TPSA) is 86.8 Å². The van der Waals surface area contributed by atoms with Gasteiger partial charge in [-0.15, -0.1) is 11.3 Å². The molecule has 1 aromatic carbocycles. The van der Waals surface area contributed by atoms with E-state index in [4.69, 9.17) is 0 Å². The number of fused-ring (bicyclic) bond motifs is 1. The van der Waals surface area contributed by atoms with E-state index in [-0.39, 0.29) is 11.8 Å². The summed E-state index contributed by atoms with van der Waals surface area (Å²) in [5.41, 5.74) is 2.57. The van der Waals surface area contributed by atoms with Crippen molar-refractivity contribution in [3.05, 3.63) is 54.2 Å². The Morgan fingerprint density at radius 1 is 1.21 bits per heavy atom. The minimum Gasteiger partial charge on any atom is -0.340 e. The van der Waals surface area contributed by atoms with Crippen LogP contribution in [0.25, 0.3) is 21.7 Å². The van der Waals surface area contributed by atoms with Crippen molar-refractivity contribution in [2.75, 3.05) is 23.3 Å². The van der Waals surface area contributed by atoms with Crippen LogP contribution in [0.15, 0.2) is 54.2 Å². The molecule has 0 spiro atoms. The molecule has 0 aliphatic carbocycles. The average Bonchev–Trinajstić information content (AvgIpc) is 3.44. The van der Waals surface area contributed by atoms with Gasteiger partial charge in [0.05, 0.1) is 21.8 Å². The van der Waals surface area contributed by atoms with Crippen LogP contribution in [0.3, 0.4) is 0 Å². The van der Waals surface area contributed by atoms with E-state index in [0.29, 0.717) is 12.5 Å². The quantitative estimate of drug-likeness (QED) is 0.538. The van der Waals surface area contributed by atoms with Gasteiger partial charge < -0.3 is 15.2 Å². The molecule has 3 aromatic heterocycles. The summed E-state index contributed by atoms with van der Waals surface area (Å²) in [6.45, 7) is 1.50. The van der Waals surface area contributed by atoms with E-state index in [1.54, 1.807) is 29.8 Å². The number of carbonyl (C=O) groups is 1. The molecule has 146 valence electrons. The van der Waals surface area contributed by atoms with Crippen molar-refractivity contribution in [1.29, 1.82) is 0 Å². The van der Waals surface area contributed by atoms with Crippen molar-refractivity contribution in [2.45, 2.75) is 12.8 Å². The smallest absolute Gasteiger partial charge is 0.229 e. The molecule has 2 N–H and O–H groups in total. The number of benzene rings is 1. The van der Waals surface area contributed by atoms with Gasteiger partial charge in [-0.3, -0.25) is 4.79 Å². The predicted octanol–water partition coefficient (Wildman–Crippen LogP) is 3.94. The Morgan fingerprint density at radius 2 is 2.10 bits per heavy atom. The molecule has 7 nitrogen and oxygen atoms in total. The molecular formula is C21H20N6OS. The van der Waals surface area contributed by atoms with Gasteiger partial charge in [-0.25, -0.2) is 15.0 Å². The standard InChI is InChI=1S/C21H20N6OS/c28-20(14-4-1-10-27(13-14)21-22-8-3-9-23-21)24-15-6-7-16-17(12-15)26-19(25-16)18-5-2-11-29-18/h2-3,5-9,11-12,14H,1,4,10,13H2,(H,24,28)(H,25,26). The summed E-state index contributed by atoms with van der Waals surface area (Å²) in [5.74, 6) is 1.48. The summed E-state index contributed by atoms with van der Waals surface area (Å²) in [5, 5.41) is 5.10. The molecule has 29 heavy (non-hydrogen) atoms. The molecule has 0 bridgehead atoms. The number of imidazole rings is 1. The van der Waals surface area contributed by atoms with Crippen molar-refractivity contribution >= 4 is 39.9 Å². The molecule has 1 aliphatic heterocycles. The summed E-state index contributed by atoms with van der Waals surface area (Å²) >= 11 is 1.64. The number of rotatable bonds is 4. The monoisotopic (exact) mass is 404 g/mol. The molecule has 5 rings (SSSR count). The number of aromatic nitrogens is 4. The first kappa shape index (κ1) is 17.8. The molecule has 8 heteroatoms. The van der Waals surface area contributed by atoms with Gasteiger partial charge in [-0.05, 0) is 48.6 Å². The van der Waals surface area contributed by atoms with Crippen LogP contribution >= 0.6 is 11.3 Å². The number of amides is 1. The molecule has 1 unspecified atom stereocenters. The zero-order valence-corrected chi connectivity index (χ0v) is 16.5. The molecule has 1 saturated heterocycles. The normalized spacial score (nSPS) is 16.8. The molecule has 1 amide bonds. The van der Waals surface area contributed by atoms with Crippen LogP contribution in [-0.2, 0) is 4.79 Å². The molecular weight excluding hydrogens is 384 g/mol. The Labute approximate surface area is 171 Å². The Morgan fingerprint density at radius 3 is 2.93 bits per heavy atom. The molecule has 1 fully saturated rings. The number of anilines is 2. The molecule has 0 radical (unpaired) electrons. The van der Waals surface area contributed by atoms with E-state index >= 15 is 0 Å². The van der Waals surface area contributed by atoms with Crippen molar-refractivity contribution < 1.29 is 4.79 Å². The second kappa shape index (κ2) is 7.63. The maximum absolute atomic E-state index is 12.9. The van der Waals surface area contributed by atoms with Crippen LogP contribution in [-0.4, -0.2) is 38.9 Å². The van der Waals surface area contributed by atoms with Crippen molar-refractivity contribution in [3.63, 3.8) is 0 Å². The van der Waals surface area contributed by atoms with Gasteiger partial charge in [0.2, 0.25) is 11.9 Å². The summed E-state index contributed by atoms with van der Waals surface area (Å²) < 4.78 is 0. The van der Waals surface area contributed by atoms with Gasteiger partial charge in [0.15, 0.2) is 0 Å². The highest BCUT2D eigenvalue weighted by Crippen LogP contribution is 2.27. The van der Waals surface area contributed by atoms with E-state index in [1.165, 1.54) is 0 Å². The minimum absolute atomic E-state index is 0.0305. The van der Waals surface area contributed by atoms with E-state index in [9.17, 15) is 4.79 Å². The second-order valence-electron chi connectivity index (χ2n) is 7.12. The molecule has 1 atom stereocenters. The average molecular weight is 404 g/mol. The summed E-state index contributed by atoms with van der Waals surface area (Å²) in [6, 6.07) is 11.6. The zero-order chi connectivity index (χ0) is 19.6. The highest BCUT2D eigenvalue weighted by molar-refractivity contribution is 7.13. The highest BCUT2D eigenvalue weighted by atomic mass is 32.1. The van der Waals surface area contributed by atoms with Crippen LogP contribution in [0.4, 0.5) is 11.6 Å². The first-order valence-corrected chi connectivity index (χ1v) is 10.5. The lowest BCUT2D eigenvalue weighted by atomic mass is 9.97. The third-order valence-electron chi connectivity index (χ3n) is 5.13. The van der Waals surface area contributed by atoms with Crippen molar-refractivity contribution in [1.82, 2.24) is 19.9 Å². The van der Waals surface area contributed by atoms with Gasteiger partial charge >= 0.3 is 0 Å². The summed E-state index contributed by atoms with van der Waals surface area (Å²) in [7, 11) is 0. The van der Waals surface area contributed by atoms with E-state index in [0.717, 1.165) is 46.8 Å². The third kappa shape index (κ3) is 3.71. The number of thiophene rings is 1. The van der Waals surface area contributed by atoms with Gasteiger partial charge in [0, 0.05) is 31.2 Å². The Bertz CT molecular complexity index is 1120. The lowest BCUT2D eigenvalue weighted by molar-refractivity contribution is -0.120. The number of aromatic amines is 1. The lowest BCUT2D eigenvalue weighted by Crippen LogP contribution is -2.41. The first-order chi connectivity index (χ1) is 14.3.